The summed E-state index contributed by atoms with van der Waals surface area (Å²) in [6.45, 7) is 7.95. The van der Waals surface area contributed by atoms with Gasteiger partial charge >= 0.3 is 0 Å². The monoisotopic (exact) mass is 284 g/mol. The predicted octanol–water partition coefficient (Wildman–Crippen LogP) is 1.85. The van der Waals surface area contributed by atoms with Crippen molar-refractivity contribution in [2.24, 2.45) is 0 Å². The number of rotatable bonds is 8. The highest BCUT2D eigenvalue weighted by Gasteiger charge is 2.11. The summed E-state index contributed by atoms with van der Waals surface area (Å²) in [4.78, 5) is 14.8. The molecule has 0 saturated heterocycles. The van der Waals surface area contributed by atoms with Crippen LogP contribution in [0.3, 0.4) is 0 Å². The molecule has 0 fully saturated rings. The molecule has 3 N–H and O–H groups in total. The van der Waals surface area contributed by atoms with Crippen LogP contribution in [0.1, 0.15) is 27.2 Å². The molecule has 108 valence electrons. The van der Waals surface area contributed by atoms with E-state index in [0.717, 1.165) is 25.3 Å². The summed E-state index contributed by atoms with van der Waals surface area (Å²) >= 11 is 1.83. The highest BCUT2D eigenvalue weighted by atomic mass is 32.2. The van der Waals surface area contributed by atoms with Crippen molar-refractivity contribution < 1.29 is 0 Å². The summed E-state index contributed by atoms with van der Waals surface area (Å²) in [7, 11) is 0. The summed E-state index contributed by atoms with van der Waals surface area (Å²) < 4.78 is 0. The normalized spacial score (nSPS) is 12.2. The first kappa shape index (κ1) is 15.8. The van der Waals surface area contributed by atoms with Crippen molar-refractivity contribution in [1.29, 1.82) is 0 Å². The molecular weight excluding hydrogens is 260 g/mol. The lowest BCUT2D eigenvalue weighted by Gasteiger charge is -2.20. The van der Waals surface area contributed by atoms with Gasteiger partial charge in [0.05, 0.1) is 0 Å². The molecule has 1 unspecified atom stereocenters. The Balaban J connectivity index is 2.78. The first-order valence-electron chi connectivity index (χ1n) is 6.62. The van der Waals surface area contributed by atoms with Gasteiger partial charge in [0.15, 0.2) is 0 Å². The first-order valence-corrected chi connectivity index (χ1v) is 8.02. The van der Waals surface area contributed by atoms with Gasteiger partial charge in [0.25, 0.3) is 0 Å². The quantitative estimate of drug-likeness (QED) is 0.754. The standard InChI is InChI=1S/C12H24N6S/c1-5-18(6-2)12-16-10(13)15-11(17-12)14-9(3)7-8-19-4/h9H,5-8H2,1-4H3,(H3,13,14,15,16,17). The maximum absolute atomic E-state index is 5.75. The molecule has 1 rings (SSSR count). The Hall–Kier alpha value is -1.24. The van der Waals surface area contributed by atoms with Crippen LogP contribution in [0.4, 0.5) is 17.8 Å². The number of nitrogens with one attached hydrogen (secondary N) is 1. The zero-order chi connectivity index (χ0) is 14.3. The fraction of sp³-hybridized carbons (Fsp3) is 0.750. The Bertz CT molecular complexity index is 382. The molecule has 0 aliphatic heterocycles. The van der Waals surface area contributed by atoms with E-state index in [1.165, 1.54) is 0 Å². The van der Waals surface area contributed by atoms with E-state index < -0.39 is 0 Å². The minimum absolute atomic E-state index is 0.261. The summed E-state index contributed by atoms with van der Waals surface area (Å²) in [5, 5.41) is 3.28. The third kappa shape index (κ3) is 5.10. The van der Waals surface area contributed by atoms with Crippen molar-refractivity contribution in [3.05, 3.63) is 0 Å². The van der Waals surface area contributed by atoms with E-state index >= 15 is 0 Å². The predicted molar refractivity (Wildman–Crippen MR) is 83.9 cm³/mol. The number of anilines is 3. The van der Waals surface area contributed by atoms with E-state index in [2.05, 4.69) is 52.2 Å². The number of hydrogen-bond acceptors (Lipinski definition) is 7. The molecule has 0 spiro atoms. The van der Waals surface area contributed by atoms with Gasteiger partial charge in [-0.3, -0.25) is 0 Å². The fourth-order valence-corrected chi connectivity index (χ4v) is 2.27. The lowest BCUT2D eigenvalue weighted by Crippen LogP contribution is -2.26. The SMILES string of the molecule is CCN(CC)c1nc(N)nc(NC(C)CCSC)n1. The van der Waals surface area contributed by atoms with Crippen molar-refractivity contribution >= 4 is 29.6 Å². The van der Waals surface area contributed by atoms with Crippen molar-refractivity contribution in [3.63, 3.8) is 0 Å². The van der Waals surface area contributed by atoms with Crippen molar-refractivity contribution in [2.75, 3.05) is 41.0 Å². The summed E-state index contributed by atoms with van der Waals surface area (Å²) in [5.41, 5.74) is 5.75. The van der Waals surface area contributed by atoms with E-state index in [0.29, 0.717) is 17.9 Å². The summed E-state index contributed by atoms with van der Waals surface area (Å²) in [6.07, 6.45) is 3.17. The summed E-state index contributed by atoms with van der Waals surface area (Å²) in [6, 6.07) is 0.318. The fourth-order valence-electron chi connectivity index (χ4n) is 1.68. The van der Waals surface area contributed by atoms with Crippen LogP contribution in [0.25, 0.3) is 0 Å². The van der Waals surface area contributed by atoms with E-state index in [-0.39, 0.29) is 5.95 Å². The van der Waals surface area contributed by atoms with Crippen LogP contribution >= 0.6 is 11.8 Å². The molecule has 0 amide bonds. The second-order valence-corrected chi connectivity index (χ2v) is 5.30. The Morgan fingerprint density at radius 3 is 2.53 bits per heavy atom. The Morgan fingerprint density at radius 1 is 1.26 bits per heavy atom. The molecule has 0 aliphatic rings. The van der Waals surface area contributed by atoms with Crippen LogP contribution in [-0.2, 0) is 0 Å². The lowest BCUT2D eigenvalue weighted by molar-refractivity contribution is 0.752. The van der Waals surface area contributed by atoms with E-state index in [1.54, 1.807) is 0 Å². The molecule has 0 aliphatic carbocycles. The van der Waals surface area contributed by atoms with Gasteiger partial charge in [-0.05, 0) is 39.2 Å². The maximum Gasteiger partial charge on any atom is 0.231 e. The van der Waals surface area contributed by atoms with Gasteiger partial charge in [-0.1, -0.05) is 0 Å². The molecule has 0 radical (unpaired) electrons. The zero-order valence-corrected chi connectivity index (χ0v) is 13.0. The molecule has 19 heavy (non-hydrogen) atoms. The van der Waals surface area contributed by atoms with Crippen molar-refractivity contribution in [2.45, 2.75) is 33.2 Å². The van der Waals surface area contributed by atoms with Crippen LogP contribution in [0, 0.1) is 0 Å². The van der Waals surface area contributed by atoms with Crippen LogP contribution < -0.4 is 16.0 Å². The largest absolute Gasteiger partial charge is 0.368 e. The van der Waals surface area contributed by atoms with E-state index in [1.807, 2.05) is 11.8 Å². The smallest absolute Gasteiger partial charge is 0.231 e. The van der Waals surface area contributed by atoms with Crippen molar-refractivity contribution in [3.8, 4) is 0 Å². The van der Waals surface area contributed by atoms with E-state index in [4.69, 9.17) is 5.73 Å². The van der Waals surface area contributed by atoms with Gasteiger partial charge in [-0.15, -0.1) is 0 Å². The van der Waals surface area contributed by atoms with Gasteiger partial charge in [0, 0.05) is 19.1 Å². The minimum atomic E-state index is 0.261. The molecule has 0 aromatic carbocycles. The number of nitrogen functional groups attached to an aromatic ring is 1. The molecule has 6 nitrogen and oxygen atoms in total. The lowest BCUT2D eigenvalue weighted by atomic mass is 10.3. The van der Waals surface area contributed by atoms with E-state index in [9.17, 15) is 0 Å². The second kappa shape index (κ2) is 8.04. The molecular formula is C12H24N6S. The molecule has 0 bridgehead atoms. The molecule has 7 heteroatoms. The first-order chi connectivity index (χ1) is 9.10. The molecule has 1 atom stereocenters. The highest BCUT2D eigenvalue weighted by Crippen LogP contribution is 2.13. The number of aromatic nitrogens is 3. The van der Waals surface area contributed by atoms with Crippen LogP contribution in [0.15, 0.2) is 0 Å². The zero-order valence-electron chi connectivity index (χ0n) is 12.2. The van der Waals surface area contributed by atoms with Crippen molar-refractivity contribution in [1.82, 2.24) is 15.0 Å². The van der Waals surface area contributed by atoms with Crippen LogP contribution in [-0.4, -0.2) is 46.1 Å². The average Bonchev–Trinajstić information content (AvgIpc) is 2.37. The number of hydrogen-bond donors (Lipinski definition) is 2. The van der Waals surface area contributed by atoms with Gasteiger partial charge in [0.1, 0.15) is 0 Å². The molecule has 1 heterocycles. The Labute approximate surface area is 119 Å². The van der Waals surface area contributed by atoms with Crippen LogP contribution in [0.2, 0.25) is 0 Å². The summed E-state index contributed by atoms with van der Waals surface area (Å²) in [5.74, 6) is 2.56. The van der Waals surface area contributed by atoms with Gasteiger partial charge in [0.2, 0.25) is 17.8 Å². The molecule has 1 aromatic rings. The van der Waals surface area contributed by atoms with Crippen LogP contribution in [0.5, 0.6) is 0 Å². The number of thioether (sulfide) groups is 1. The third-order valence-corrected chi connectivity index (χ3v) is 3.46. The average molecular weight is 284 g/mol. The molecule has 1 aromatic heterocycles. The van der Waals surface area contributed by atoms with Gasteiger partial charge in [-0.2, -0.15) is 26.7 Å². The topological polar surface area (TPSA) is 80.0 Å². The maximum atomic E-state index is 5.75. The Morgan fingerprint density at radius 2 is 1.95 bits per heavy atom. The third-order valence-electron chi connectivity index (χ3n) is 2.82. The van der Waals surface area contributed by atoms with Gasteiger partial charge < -0.3 is 16.0 Å². The minimum Gasteiger partial charge on any atom is -0.368 e. The second-order valence-electron chi connectivity index (χ2n) is 4.32. The number of nitrogens with zero attached hydrogens (tertiary/aromatic N) is 4. The number of nitrogens with two attached hydrogens (primary N) is 1. The highest BCUT2D eigenvalue weighted by molar-refractivity contribution is 7.98. The Kier molecular flexibility index (Phi) is 6.69. The van der Waals surface area contributed by atoms with Gasteiger partial charge in [-0.25, -0.2) is 0 Å². The molecule has 0 saturated carbocycles.